The third kappa shape index (κ3) is 9.34. The van der Waals surface area contributed by atoms with E-state index in [4.69, 9.17) is 9.98 Å². The highest BCUT2D eigenvalue weighted by atomic mass is 32.1. The van der Waals surface area contributed by atoms with Crippen molar-refractivity contribution in [2.45, 2.75) is 56.5 Å². The van der Waals surface area contributed by atoms with Gasteiger partial charge in [-0.2, -0.15) is 0 Å². The lowest BCUT2D eigenvalue weighted by molar-refractivity contribution is 0.580. The Morgan fingerprint density at radius 1 is 0.595 bits per heavy atom. The molecule has 3 aliphatic carbocycles. The predicted octanol–water partition coefficient (Wildman–Crippen LogP) is 17.0. The van der Waals surface area contributed by atoms with Gasteiger partial charge in [-0.3, -0.25) is 4.99 Å². The lowest BCUT2D eigenvalue weighted by atomic mass is 9.76. The van der Waals surface area contributed by atoms with Crippen LogP contribution in [0.15, 0.2) is 269 Å². The van der Waals surface area contributed by atoms with E-state index >= 15 is 0 Å². The Bertz CT molecular complexity index is 4110. The summed E-state index contributed by atoms with van der Waals surface area (Å²) in [5, 5.41) is 2.37. The number of hydrogen-bond donors (Lipinski definition) is 0. The molecule has 5 heteroatoms. The molecule has 3 atom stereocenters. The van der Waals surface area contributed by atoms with Crippen LogP contribution in [0.25, 0.3) is 55.6 Å². The van der Waals surface area contributed by atoms with Crippen molar-refractivity contribution < 1.29 is 0 Å². The molecule has 0 spiro atoms. The van der Waals surface area contributed by atoms with Gasteiger partial charge in [0, 0.05) is 53.9 Å². The fourth-order valence-corrected chi connectivity index (χ4v) is 13.6. The normalized spacial score (nSPS) is 18.1. The molecule has 382 valence electrons. The van der Waals surface area contributed by atoms with Crippen LogP contribution in [0.2, 0.25) is 0 Å². The number of allylic oxidation sites excluding steroid dienone is 2. The molecule has 3 aliphatic rings. The smallest absolute Gasteiger partial charge is 0.161 e. The second-order valence-corrected chi connectivity index (χ2v) is 22.9. The fourth-order valence-electron chi connectivity index (χ4n) is 12.4. The average Bonchev–Trinajstić information content (AvgIpc) is 4.02. The van der Waals surface area contributed by atoms with Gasteiger partial charge in [-0.25, -0.2) is 9.98 Å². The third-order valence-electron chi connectivity index (χ3n) is 16.5. The molecular formula is C74H60N4S. The molecule has 0 fully saturated rings. The summed E-state index contributed by atoms with van der Waals surface area (Å²) in [5.41, 5.74) is 17.5. The molecule has 0 saturated carbocycles. The van der Waals surface area contributed by atoms with Crippen LogP contribution >= 0.6 is 11.3 Å². The van der Waals surface area contributed by atoms with Crippen LogP contribution < -0.4 is 14.7 Å². The minimum atomic E-state index is -0.298. The average molecular weight is 1040 g/mol. The zero-order chi connectivity index (χ0) is 53.5. The number of thiophene rings is 1. The van der Waals surface area contributed by atoms with Gasteiger partial charge in [-0.05, 0) is 123 Å². The van der Waals surface area contributed by atoms with Crippen LogP contribution in [0.1, 0.15) is 66.5 Å². The van der Waals surface area contributed by atoms with Crippen molar-refractivity contribution in [3.8, 4) is 33.4 Å². The molecule has 79 heavy (non-hydrogen) atoms. The second-order valence-electron chi connectivity index (χ2n) is 21.8. The molecular weight excluding hydrogens is 977 g/mol. The Morgan fingerprint density at radius 2 is 1.18 bits per heavy atom. The molecule has 10 aromatic rings. The van der Waals surface area contributed by atoms with E-state index in [1.165, 1.54) is 53.5 Å². The SMILES string of the molecule is C=NC(=NC(=NCc1cc(-c2ccccc2)cc(-c2ccccc2)c1)c1cccc2sc3c(c12)=CC(C)(c1ccc(N(c2ccc(-c4ccccc4)cc2)C2C=CC=C4C2c2ccccc2C4(C)C)cc1)CC=3)c1ccccc1. The minimum Gasteiger partial charge on any atom is -0.334 e. The van der Waals surface area contributed by atoms with Crippen molar-refractivity contribution in [2.75, 3.05) is 4.90 Å². The van der Waals surface area contributed by atoms with Crippen LogP contribution in [-0.4, -0.2) is 24.4 Å². The monoisotopic (exact) mass is 1040 g/mol. The summed E-state index contributed by atoms with van der Waals surface area (Å²) in [6.45, 7) is 11.6. The van der Waals surface area contributed by atoms with Crippen molar-refractivity contribution in [2.24, 2.45) is 15.0 Å². The maximum Gasteiger partial charge on any atom is 0.161 e. The van der Waals surface area contributed by atoms with E-state index in [9.17, 15) is 0 Å². The summed E-state index contributed by atoms with van der Waals surface area (Å²) < 4.78 is 2.47. The molecule has 9 aromatic carbocycles. The first-order valence-electron chi connectivity index (χ1n) is 27.4. The number of benzene rings is 9. The highest BCUT2D eigenvalue weighted by Crippen LogP contribution is 2.55. The maximum atomic E-state index is 5.48. The van der Waals surface area contributed by atoms with Gasteiger partial charge in [-0.1, -0.05) is 239 Å². The maximum absolute atomic E-state index is 5.48. The summed E-state index contributed by atoms with van der Waals surface area (Å²) in [6, 6.07) is 83.1. The summed E-state index contributed by atoms with van der Waals surface area (Å²) in [4.78, 5) is 17.9. The van der Waals surface area contributed by atoms with E-state index in [0.29, 0.717) is 18.2 Å². The predicted molar refractivity (Wildman–Crippen MR) is 336 cm³/mol. The van der Waals surface area contributed by atoms with E-state index in [0.717, 1.165) is 56.4 Å². The quantitative estimate of drug-likeness (QED) is 0.0940. The molecule has 13 rings (SSSR count). The van der Waals surface area contributed by atoms with Crippen LogP contribution in [0.4, 0.5) is 11.4 Å². The van der Waals surface area contributed by atoms with Gasteiger partial charge >= 0.3 is 0 Å². The van der Waals surface area contributed by atoms with E-state index in [-0.39, 0.29) is 22.8 Å². The fraction of sp³-hybridized carbons (Fsp3) is 0.122. The Morgan fingerprint density at radius 3 is 1.82 bits per heavy atom. The summed E-state index contributed by atoms with van der Waals surface area (Å²) >= 11 is 1.84. The first-order chi connectivity index (χ1) is 38.7. The number of hydrogen-bond acceptors (Lipinski definition) is 3. The van der Waals surface area contributed by atoms with Crippen molar-refractivity contribution in [3.63, 3.8) is 0 Å². The Kier molecular flexibility index (Phi) is 13.0. The molecule has 0 amide bonds. The standard InChI is InChI=1S/C74H60N4S/c1-73(2)64-31-18-17-29-61(64)70-65(73)32-20-33-66(70)78(59-39-35-54(36-40-59)51-21-9-5-10-22-51)60-41-37-58(38-42-60)74(3)44-43-67-63(48-74)69-62(30-19-34-68(69)79-67)72(77-71(75-4)55-27-15-8-16-28-55)76-49-50-45-56(52-23-11-6-12-24-52)47-57(46-50)53-25-13-7-14-26-53/h5-43,45-48,66,70H,4,44,49H2,1-3H3. The van der Waals surface area contributed by atoms with E-state index < -0.39 is 0 Å². The zero-order valence-electron chi connectivity index (χ0n) is 44.8. The third-order valence-corrected chi connectivity index (χ3v) is 17.7. The zero-order valence-corrected chi connectivity index (χ0v) is 45.6. The Balaban J connectivity index is 0.906. The Labute approximate surface area is 467 Å². The Hall–Kier alpha value is -9.03. The minimum absolute atomic E-state index is 0.0654. The molecule has 3 unspecified atom stereocenters. The van der Waals surface area contributed by atoms with Gasteiger partial charge in [0.1, 0.15) is 0 Å². The van der Waals surface area contributed by atoms with E-state index in [1.807, 2.05) is 41.7 Å². The molecule has 0 saturated heterocycles. The molecule has 0 aliphatic heterocycles. The molecule has 1 aromatic heterocycles. The van der Waals surface area contributed by atoms with Gasteiger partial charge in [0.15, 0.2) is 11.7 Å². The lowest BCUT2D eigenvalue weighted by Gasteiger charge is -2.39. The van der Waals surface area contributed by atoms with Crippen LogP contribution in [-0.2, 0) is 17.4 Å². The van der Waals surface area contributed by atoms with Gasteiger partial charge in [0.05, 0.1) is 12.6 Å². The summed E-state index contributed by atoms with van der Waals surface area (Å²) in [7, 11) is 0. The number of fused-ring (bicyclic) bond motifs is 6. The molecule has 0 N–H and O–H groups in total. The highest BCUT2D eigenvalue weighted by Gasteiger charge is 2.46. The number of rotatable bonds is 11. The van der Waals surface area contributed by atoms with Crippen molar-refractivity contribution in [1.29, 1.82) is 0 Å². The molecule has 0 bridgehead atoms. The number of amidine groups is 2. The van der Waals surface area contributed by atoms with Gasteiger partial charge in [-0.15, -0.1) is 11.3 Å². The lowest BCUT2D eigenvalue weighted by Crippen LogP contribution is -2.37. The highest BCUT2D eigenvalue weighted by molar-refractivity contribution is 7.17. The first kappa shape index (κ1) is 49.5. The number of anilines is 2. The molecule has 0 radical (unpaired) electrons. The molecule has 1 heterocycles. The summed E-state index contributed by atoms with van der Waals surface area (Å²) in [6.07, 6.45) is 12.9. The van der Waals surface area contributed by atoms with E-state index in [1.54, 1.807) is 0 Å². The number of aliphatic imine (C=N–C) groups is 3. The van der Waals surface area contributed by atoms with Crippen molar-refractivity contribution in [1.82, 2.24) is 0 Å². The van der Waals surface area contributed by atoms with Crippen LogP contribution in [0.3, 0.4) is 0 Å². The largest absolute Gasteiger partial charge is 0.334 e. The van der Waals surface area contributed by atoms with Crippen LogP contribution in [0.5, 0.6) is 0 Å². The number of nitrogens with zero attached hydrogens (tertiary/aromatic N) is 4. The summed E-state index contributed by atoms with van der Waals surface area (Å²) in [5.74, 6) is 1.36. The molecule has 4 nitrogen and oxygen atoms in total. The topological polar surface area (TPSA) is 40.3 Å². The van der Waals surface area contributed by atoms with Gasteiger partial charge < -0.3 is 4.90 Å². The van der Waals surface area contributed by atoms with E-state index in [2.05, 4.69) is 268 Å². The van der Waals surface area contributed by atoms with Crippen LogP contribution in [0, 0.1) is 0 Å². The van der Waals surface area contributed by atoms with Crippen molar-refractivity contribution >= 4 is 63.3 Å². The van der Waals surface area contributed by atoms with Crippen molar-refractivity contribution in [3.05, 3.63) is 297 Å². The van der Waals surface area contributed by atoms with Gasteiger partial charge in [0.25, 0.3) is 0 Å². The first-order valence-corrected chi connectivity index (χ1v) is 28.2. The second kappa shape index (κ2) is 20.7. The van der Waals surface area contributed by atoms with Gasteiger partial charge in [0.2, 0.25) is 0 Å².